The fourth-order valence-corrected chi connectivity index (χ4v) is 2.30. The Morgan fingerprint density at radius 2 is 2.31 bits per heavy atom. The van der Waals surface area contributed by atoms with E-state index >= 15 is 0 Å². The van der Waals surface area contributed by atoms with Crippen molar-refractivity contribution in [2.24, 2.45) is 5.41 Å². The minimum Gasteiger partial charge on any atom is -0.309 e. The molecule has 1 heterocycles. The first-order valence-corrected chi connectivity index (χ1v) is 6.61. The summed E-state index contributed by atoms with van der Waals surface area (Å²) in [5, 5.41) is 14.5. The lowest BCUT2D eigenvalue weighted by molar-refractivity contribution is 0.418. The monoisotopic (exact) mass is 236 g/mol. The molecule has 0 aliphatic carbocycles. The quantitative estimate of drug-likeness (QED) is 0.764. The summed E-state index contributed by atoms with van der Waals surface area (Å²) in [6.45, 7) is 7.15. The van der Waals surface area contributed by atoms with E-state index in [9.17, 15) is 0 Å². The summed E-state index contributed by atoms with van der Waals surface area (Å²) in [5.41, 5.74) is -0.187. The van der Waals surface area contributed by atoms with Crippen LogP contribution in [0.2, 0.25) is 0 Å². The normalized spacial score (nSPS) is 13.4. The zero-order valence-corrected chi connectivity index (χ0v) is 11.1. The second-order valence-electron chi connectivity index (χ2n) is 4.79. The van der Waals surface area contributed by atoms with Crippen LogP contribution in [0.3, 0.4) is 0 Å². The Kier molecular flexibility index (Phi) is 4.98. The van der Waals surface area contributed by atoms with Gasteiger partial charge in [-0.25, -0.2) is 0 Å². The lowest BCUT2D eigenvalue weighted by Crippen LogP contribution is -2.20. The molecule has 1 rings (SSSR count). The summed E-state index contributed by atoms with van der Waals surface area (Å²) in [5.74, 6) is 0. The number of hydrogen-bond acceptors (Lipinski definition) is 3. The van der Waals surface area contributed by atoms with Gasteiger partial charge in [-0.3, -0.25) is 0 Å². The van der Waals surface area contributed by atoms with E-state index in [-0.39, 0.29) is 5.41 Å². The molecular weight excluding hydrogens is 216 g/mol. The van der Waals surface area contributed by atoms with Crippen LogP contribution in [0.5, 0.6) is 0 Å². The van der Waals surface area contributed by atoms with Gasteiger partial charge >= 0.3 is 0 Å². The van der Waals surface area contributed by atoms with Crippen molar-refractivity contribution in [3.05, 3.63) is 22.4 Å². The molecule has 3 heteroatoms. The highest BCUT2D eigenvalue weighted by Crippen LogP contribution is 2.21. The van der Waals surface area contributed by atoms with Gasteiger partial charge in [0, 0.05) is 10.9 Å². The molecule has 16 heavy (non-hydrogen) atoms. The number of hydrogen-bond donors (Lipinski definition) is 1. The summed E-state index contributed by atoms with van der Waals surface area (Å²) in [6.07, 6.45) is 2.00. The van der Waals surface area contributed by atoms with Crippen LogP contribution in [0.25, 0.3) is 0 Å². The fourth-order valence-electron chi connectivity index (χ4n) is 1.54. The van der Waals surface area contributed by atoms with Gasteiger partial charge in [0.15, 0.2) is 0 Å². The molecule has 0 radical (unpaired) electrons. The molecule has 0 spiro atoms. The molecule has 2 nitrogen and oxygen atoms in total. The largest absolute Gasteiger partial charge is 0.309 e. The molecule has 0 fully saturated rings. The molecular formula is C13H20N2S. The first-order valence-electron chi connectivity index (χ1n) is 5.73. The Balaban J connectivity index is 2.20. The van der Waals surface area contributed by atoms with E-state index < -0.39 is 0 Å². The first-order chi connectivity index (χ1) is 7.55. The zero-order chi connectivity index (χ0) is 12.0. The minimum atomic E-state index is -0.187. The van der Waals surface area contributed by atoms with Crippen molar-refractivity contribution >= 4 is 11.3 Å². The van der Waals surface area contributed by atoms with Gasteiger partial charge in [-0.1, -0.05) is 6.07 Å². The maximum absolute atomic E-state index is 8.88. The number of nitrogens with one attached hydrogen (secondary N) is 1. The highest BCUT2D eigenvalue weighted by atomic mass is 32.1. The van der Waals surface area contributed by atoms with Crippen LogP contribution < -0.4 is 5.32 Å². The second kappa shape index (κ2) is 6.03. The van der Waals surface area contributed by atoms with E-state index in [1.54, 1.807) is 11.3 Å². The number of nitrogens with zero attached hydrogens (tertiary/aromatic N) is 1. The predicted octanol–water partition coefficient (Wildman–Crippen LogP) is 3.73. The molecule has 0 bridgehead atoms. The van der Waals surface area contributed by atoms with Gasteiger partial charge < -0.3 is 5.32 Å². The van der Waals surface area contributed by atoms with Crippen LogP contribution in [0, 0.1) is 16.7 Å². The average Bonchev–Trinajstić information content (AvgIpc) is 2.77. The highest BCUT2D eigenvalue weighted by Gasteiger charge is 2.15. The van der Waals surface area contributed by atoms with E-state index in [1.807, 2.05) is 13.8 Å². The standard InChI is InChI=1S/C13H20N2S/c1-11(12-6-4-9-16-12)15-8-5-7-13(2,3)10-14/h4,6,9,11,15H,5,7-8H2,1-3H3. The van der Waals surface area contributed by atoms with Crippen LogP contribution in [-0.2, 0) is 0 Å². The number of nitriles is 1. The Morgan fingerprint density at radius 3 is 2.88 bits per heavy atom. The summed E-state index contributed by atoms with van der Waals surface area (Å²) in [7, 11) is 0. The molecule has 1 aromatic rings. The summed E-state index contributed by atoms with van der Waals surface area (Å²) < 4.78 is 0. The third-order valence-electron chi connectivity index (χ3n) is 2.70. The highest BCUT2D eigenvalue weighted by molar-refractivity contribution is 7.10. The molecule has 0 aliphatic heterocycles. The van der Waals surface area contributed by atoms with Crippen LogP contribution in [0.4, 0.5) is 0 Å². The van der Waals surface area contributed by atoms with Gasteiger partial charge in [-0.2, -0.15) is 5.26 Å². The molecule has 0 saturated carbocycles. The van der Waals surface area contributed by atoms with E-state index in [1.165, 1.54) is 4.88 Å². The van der Waals surface area contributed by atoms with Gasteiger partial charge in [0.1, 0.15) is 0 Å². The van der Waals surface area contributed by atoms with Crippen molar-refractivity contribution in [3.63, 3.8) is 0 Å². The number of rotatable bonds is 6. The summed E-state index contributed by atoms with van der Waals surface area (Å²) in [4.78, 5) is 1.37. The lowest BCUT2D eigenvalue weighted by atomic mass is 9.90. The topological polar surface area (TPSA) is 35.8 Å². The van der Waals surface area contributed by atoms with Crippen molar-refractivity contribution < 1.29 is 0 Å². The summed E-state index contributed by atoms with van der Waals surface area (Å²) in [6, 6.07) is 6.99. The molecule has 0 aromatic carbocycles. The molecule has 1 unspecified atom stereocenters. The fraction of sp³-hybridized carbons (Fsp3) is 0.615. The van der Waals surface area contributed by atoms with Crippen molar-refractivity contribution in [1.29, 1.82) is 5.26 Å². The van der Waals surface area contributed by atoms with E-state index in [4.69, 9.17) is 5.26 Å². The molecule has 1 atom stereocenters. The second-order valence-corrected chi connectivity index (χ2v) is 5.77. The van der Waals surface area contributed by atoms with Gasteiger partial charge in [-0.05, 0) is 51.6 Å². The van der Waals surface area contributed by atoms with Crippen molar-refractivity contribution in [2.75, 3.05) is 6.54 Å². The Bertz CT molecular complexity index is 335. The molecule has 88 valence electrons. The van der Waals surface area contributed by atoms with Crippen LogP contribution in [0.15, 0.2) is 17.5 Å². The number of thiophene rings is 1. The van der Waals surface area contributed by atoms with Crippen molar-refractivity contribution in [2.45, 2.75) is 39.7 Å². The van der Waals surface area contributed by atoms with Crippen LogP contribution in [0.1, 0.15) is 44.5 Å². The van der Waals surface area contributed by atoms with E-state index in [0.717, 1.165) is 19.4 Å². The van der Waals surface area contributed by atoms with Crippen molar-refractivity contribution in [3.8, 4) is 6.07 Å². The van der Waals surface area contributed by atoms with E-state index in [0.29, 0.717) is 6.04 Å². The van der Waals surface area contributed by atoms with Gasteiger partial charge in [-0.15, -0.1) is 11.3 Å². The van der Waals surface area contributed by atoms with Gasteiger partial charge in [0.25, 0.3) is 0 Å². The predicted molar refractivity (Wildman–Crippen MR) is 69.4 cm³/mol. The Morgan fingerprint density at radius 1 is 1.56 bits per heavy atom. The Hall–Kier alpha value is -0.850. The van der Waals surface area contributed by atoms with Crippen LogP contribution in [-0.4, -0.2) is 6.54 Å². The van der Waals surface area contributed by atoms with Gasteiger partial charge in [0.05, 0.1) is 11.5 Å². The van der Waals surface area contributed by atoms with Crippen LogP contribution >= 0.6 is 11.3 Å². The molecule has 1 N–H and O–H groups in total. The maximum atomic E-state index is 8.88. The van der Waals surface area contributed by atoms with Crippen molar-refractivity contribution in [1.82, 2.24) is 5.32 Å². The molecule has 1 aromatic heterocycles. The zero-order valence-electron chi connectivity index (χ0n) is 10.3. The average molecular weight is 236 g/mol. The third-order valence-corrected chi connectivity index (χ3v) is 3.76. The lowest BCUT2D eigenvalue weighted by Gasteiger charge is -2.16. The third kappa shape index (κ3) is 4.34. The SMILES string of the molecule is CC(NCCCC(C)(C)C#N)c1cccs1. The smallest absolute Gasteiger partial charge is 0.0683 e. The molecule has 0 saturated heterocycles. The minimum absolute atomic E-state index is 0.187. The molecule has 0 amide bonds. The first kappa shape index (κ1) is 13.2. The summed E-state index contributed by atoms with van der Waals surface area (Å²) >= 11 is 1.78. The van der Waals surface area contributed by atoms with E-state index in [2.05, 4.69) is 35.8 Å². The maximum Gasteiger partial charge on any atom is 0.0683 e. The Labute approximate surface area is 102 Å². The molecule has 0 aliphatic rings. The van der Waals surface area contributed by atoms with Gasteiger partial charge in [0.2, 0.25) is 0 Å².